The fourth-order valence-electron chi connectivity index (χ4n) is 2.15. The maximum atomic E-state index is 5.77. The first-order valence-electron chi connectivity index (χ1n) is 6.07. The lowest BCUT2D eigenvalue weighted by molar-refractivity contribution is 0.416. The topological polar surface area (TPSA) is 48.1 Å². The third-order valence-corrected chi connectivity index (χ3v) is 3.10. The molecular weight excluding hydrogens is 236 g/mol. The van der Waals surface area contributed by atoms with Gasteiger partial charge in [-0.15, -0.1) is 0 Å². The van der Waals surface area contributed by atoms with Crippen LogP contribution in [0.25, 0.3) is 22.2 Å². The van der Waals surface area contributed by atoms with Crippen molar-refractivity contribution >= 4 is 16.6 Å². The fourth-order valence-corrected chi connectivity index (χ4v) is 2.15. The number of para-hydroxylation sites is 1. The lowest BCUT2D eigenvalue weighted by Gasteiger charge is -2.08. The van der Waals surface area contributed by atoms with Crippen LogP contribution < -0.4 is 10.5 Å². The van der Waals surface area contributed by atoms with Crippen molar-refractivity contribution in [3.8, 4) is 17.0 Å². The van der Waals surface area contributed by atoms with Crippen molar-refractivity contribution in [3.05, 3.63) is 54.6 Å². The molecule has 1 aromatic heterocycles. The third-order valence-electron chi connectivity index (χ3n) is 3.10. The van der Waals surface area contributed by atoms with E-state index < -0.39 is 0 Å². The first-order chi connectivity index (χ1) is 9.28. The number of rotatable bonds is 2. The predicted molar refractivity (Wildman–Crippen MR) is 78.1 cm³/mol. The summed E-state index contributed by atoms with van der Waals surface area (Å²) in [6.07, 6.45) is 0. The van der Waals surface area contributed by atoms with Crippen LogP contribution in [0, 0.1) is 0 Å². The molecule has 19 heavy (non-hydrogen) atoms. The van der Waals surface area contributed by atoms with Gasteiger partial charge in [-0.1, -0.05) is 18.2 Å². The van der Waals surface area contributed by atoms with Crippen molar-refractivity contribution < 1.29 is 4.74 Å². The van der Waals surface area contributed by atoms with E-state index in [4.69, 9.17) is 10.5 Å². The minimum Gasteiger partial charge on any atom is -0.496 e. The van der Waals surface area contributed by atoms with E-state index in [9.17, 15) is 0 Å². The van der Waals surface area contributed by atoms with E-state index in [2.05, 4.69) is 4.98 Å². The SMILES string of the molecule is COc1ccccc1-c1ccc2cc(N)ccc2n1. The molecule has 0 amide bonds. The molecule has 0 atom stereocenters. The highest BCUT2D eigenvalue weighted by Crippen LogP contribution is 2.29. The van der Waals surface area contributed by atoms with E-state index in [0.717, 1.165) is 33.6 Å². The van der Waals surface area contributed by atoms with Gasteiger partial charge < -0.3 is 10.5 Å². The van der Waals surface area contributed by atoms with E-state index in [1.54, 1.807) is 7.11 Å². The van der Waals surface area contributed by atoms with Gasteiger partial charge in [-0.3, -0.25) is 0 Å². The smallest absolute Gasteiger partial charge is 0.128 e. The van der Waals surface area contributed by atoms with Gasteiger partial charge in [-0.25, -0.2) is 4.98 Å². The maximum absolute atomic E-state index is 5.77. The molecule has 0 saturated carbocycles. The number of fused-ring (bicyclic) bond motifs is 1. The normalized spacial score (nSPS) is 10.6. The second-order valence-corrected chi connectivity index (χ2v) is 4.35. The number of hydrogen-bond acceptors (Lipinski definition) is 3. The molecule has 3 aromatic rings. The zero-order valence-corrected chi connectivity index (χ0v) is 10.6. The number of pyridine rings is 1. The van der Waals surface area contributed by atoms with Crippen LogP contribution in [0.5, 0.6) is 5.75 Å². The predicted octanol–water partition coefficient (Wildman–Crippen LogP) is 3.49. The van der Waals surface area contributed by atoms with E-state index in [0.29, 0.717) is 0 Å². The minimum absolute atomic E-state index is 0.749. The Morgan fingerprint density at radius 2 is 1.84 bits per heavy atom. The van der Waals surface area contributed by atoms with Crippen molar-refractivity contribution in [1.82, 2.24) is 4.98 Å². The largest absolute Gasteiger partial charge is 0.496 e. The third kappa shape index (κ3) is 2.10. The maximum Gasteiger partial charge on any atom is 0.128 e. The van der Waals surface area contributed by atoms with Crippen LogP contribution in [0.3, 0.4) is 0 Å². The Morgan fingerprint density at radius 1 is 1.00 bits per heavy atom. The van der Waals surface area contributed by atoms with Gasteiger partial charge in [0.25, 0.3) is 0 Å². The Hall–Kier alpha value is -2.55. The summed E-state index contributed by atoms with van der Waals surface area (Å²) < 4.78 is 5.37. The summed E-state index contributed by atoms with van der Waals surface area (Å²) in [5, 5.41) is 1.04. The van der Waals surface area contributed by atoms with Crippen LogP contribution >= 0.6 is 0 Å². The molecule has 0 bridgehead atoms. The highest BCUT2D eigenvalue weighted by molar-refractivity contribution is 5.84. The van der Waals surface area contributed by atoms with Crippen molar-refractivity contribution in [3.63, 3.8) is 0 Å². The Bertz CT molecular complexity index is 738. The molecule has 2 N–H and O–H groups in total. The van der Waals surface area contributed by atoms with Crippen molar-refractivity contribution in [1.29, 1.82) is 0 Å². The second-order valence-electron chi connectivity index (χ2n) is 4.35. The van der Waals surface area contributed by atoms with Crippen LogP contribution in [0.2, 0.25) is 0 Å². The Labute approximate surface area is 111 Å². The zero-order chi connectivity index (χ0) is 13.2. The molecule has 2 aromatic carbocycles. The Balaban J connectivity index is 2.18. The van der Waals surface area contributed by atoms with Gasteiger partial charge in [-0.05, 0) is 36.4 Å². The molecule has 3 rings (SSSR count). The number of aromatic nitrogens is 1. The molecule has 0 aliphatic carbocycles. The first-order valence-corrected chi connectivity index (χ1v) is 6.07. The molecule has 0 aliphatic rings. The van der Waals surface area contributed by atoms with Crippen molar-refractivity contribution in [2.24, 2.45) is 0 Å². The number of nitrogens with two attached hydrogens (primary N) is 1. The number of nitrogens with zero attached hydrogens (tertiary/aromatic N) is 1. The van der Waals surface area contributed by atoms with Crippen LogP contribution in [0.15, 0.2) is 54.6 Å². The van der Waals surface area contributed by atoms with Crippen LogP contribution in [-0.2, 0) is 0 Å². The van der Waals surface area contributed by atoms with Gasteiger partial charge in [0, 0.05) is 16.6 Å². The molecule has 0 radical (unpaired) electrons. The molecule has 0 spiro atoms. The fraction of sp³-hybridized carbons (Fsp3) is 0.0625. The molecular formula is C16H14N2O. The number of methoxy groups -OCH3 is 1. The van der Waals surface area contributed by atoms with Crippen LogP contribution in [0.4, 0.5) is 5.69 Å². The van der Waals surface area contributed by atoms with Gasteiger partial charge in [0.05, 0.1) is 18.3 Å². The summed E-state index contributed by atoms with van der Waals surface area (Å²) in [6, 6.07) is 17.6. The number of benzene rings is 2. The monoisotopic (exact) mass is 250 g/mol. The minimum atomic E-state index is 0.749. The van der Waals surface area contributed by atoms with Gasteiger partial charge in [0.1, 0.15) is 5.75 Å². The van der Waals surface area contributed by atoms with E-state index in [1.165, 1.54) is 0 Å². The average Bonchev–Trinajstić information content (AvgIpc) is 2.46. The summed E-state index contributed by atoms with van der Waals surface area (Å²) in [5.74, 6) is 0.824. The zero-order valence-electron chi connectivity index (χ0n) is 10.6. The summed E-state index contributed by atoms with van der Waals surface area (Å²) >= 11 is 0. The molecule has 3 nitrogen and oxygen atoms in total. The number of nitrogen functional groups attached to an aromatic ring is 1. The number of anilines is 1. The van der Waals surface area contributed by atoms with Gasteiger partial charge in [-0.2, -0.15) is 0 Å². The van der Waals surface area contributed by atoms with Gasteiger partial charge in [0.2, 0.25) is 0 Å². The highest BCUT2D eigenvalue weighted by Gasteiger charge is 2.07. The van der Waals surface area contributed by atoms with Crippen molar-refractivity contribution in [2.45, 2.75) is 0 Å². The standard InChI is InChI=1S/C16H14N2O/c1-19-16-5-3-2-4-13(16)15-8-6-11-10-12(17)7-9-14(11)18-15/h2-10H,17H2,1H3. The van der Waals surface area contributed by atoms with Gasteiger partial charge >= 0.3 is 0 Å². The quantitative estimate of drug-likeness (QED) is 0.708. The van der Waals surface area contributed by atoms with E-state index in [-0.39, 0.29) is 0 Å². The lowest BCUT2D eigenvalue weighted by atomic mass is 10.1. The molecule has 0 fully saturated rings. The molecule has 0 saturated heterocycles. The molecule has 0 unspecified atom stereocenters. The Kier molecular flexibility index (Phi) is 2.80. The summed E-state index contributed by atoms with van der Waals surface area (Å²) in [5.41, 5.74) is 9.34. The number of hydrogen-bond donors (Lipinski definition) is 1. The number of ether oxygens (including phenoxy) is 1. The molecule has 1 heterocycles. The van der Waals surface area contributed by atoms with E-state index in [1.807, 2.05) is 54.6 Å². The highest BCUT2D eigenvalue weighted by atomic mass is 16.5. The van der Waals surface area contributed by atoms with Crippen molar-refractivity contribution in [2.75, 3.05) is 12.8 Å². The van der Waals surface area contributed by atoms with Crippen LogP contribution in [0.1, 0.15) is 0 Å². The first kappa shape index (κ1) is 11.5. The van der Waals surface area contributed by atoms with Crippen LogP contribution in [-0.4, -0.2) is 12.1 Å². The van der Waals surface area contributed by atoms with E-state index >= 15 is 0 Å². The Morgan fingerprint density at radius 3 is 2.68 bits per heavy atom. The molecule has 3 heteroatoms. The molecule has 94 valence electrons. The molecule has 0 aliphatic heterocycles. The average molecular weight is 250 g/mol. The summed E-state index contributed by atoms with van der Waals surface area (Å²) in [4.78, 5) is 4.66. The lowest BCUT2D eigenvalue weighted by Crippen LogP contribution is -1.91. The van der Waals surface area contributed by atoms with Gasteiger partial charge in [0.15, 0.2) is 0 Å². The summed E-state index contributed by atoms with van der Waals surface area (Å²) in [6.45, 7) is 0. The summed E-state index contributed by atoms with van der Waals surface area (Å²) in [7, 11) is 1.67. The second kappa shape index (κ2) is 4.61.